The van der Waals surface area contributed by atoms with Gasteiger partial charge in [-0.1, -0.05) is 19.3 Å². The van der Waals surface area contributed by atoms with E-state index in [4.69, 9.17) is 4.98 Å². The van der Waals surface area contributed by atoms with Crippen molar-refractivity contribution in [3.05, 3.63) is 60.6 Å². The first-order valence-electron chi connectivity index (χ1n) is 13.2. The van der Waals surface area contributed by atoms with Crippen molar-refractivity contribution in [3.63, 3.8) is 0 Å². The molecule has 7 nitrogen and oxygen atoms in total. The van der Waals surface area contributed by atoms with Crippen LogP contribution >= 0.6 is 0 Å². The highest BCUT2D eigenvalue weighted by Crippen LogP contribution is 2.37. The van der Waals surface area contributed by atoms with Crippen LogP contribution in [-0.2, 0) is 7.05 Å². The molecule has 2 aliphatic rings. The van der Waals surface area contributed by atoms with Gasteiger partial charge in [0.25, 0.3) is 0 Å². The highest BCUT2D eigenvalue weighted by Gasteiger charge is 2.23. The Hall–Kier alpha value is -3.61. The molecule has 186 valence electrons. The molecule has 0 amide bonds. The minimum Gasteiger partial charge on any atom is -0.368 e. The van der Waals surface area contributed by atoms with E-state index in [0.29, 0.717) is 6.04 Å². The number of pyridine rings is 1. The maximum Gasteiger partial charge on any atom is 0.159 e. The van der Waals surface area contributed by atoms with Gasteiger partial charge in [-0.15, -0.1) is 0 Å². The number of benzene rings is 1. The van der Waals surface area contributed by atoms with Gasteiger partial charge in [-0.2, -0.15) is 5.10 Å². The Balaban J connectivity index is 1.27. The van der Waals surface area contributed by atoms with Gasteiger partial charge in [-0.3, -0.25) is 9.48 Å². The van der Waals surface area contributed by atoms with Crippen LogP contribution in [-0.4, -0.2) is 51.3 Å². The second-order valence-corrected chi connectivity index (χ2v) is 10.3. The number of carbonyl (C=O) groups excluding carboxylic acids is 1. The Labute approximate surface area is 212 Å². The van der Waals surface area contributed by atoms with Gasteiger partial charge >= 0.3 is 0 Å². The molecule has 7 heteroatoms. The molecule has 4 heterocycles. The number of carbonyl (C=O) groups is 1. The van der Waals surface area contributed by atoms with Crippen molar-refractivity contribution < 1.29 is 4.79 Å². The van der Waals surface area contributed by atoms with Gasteiger partial charge in [0.15, 0.2) is 5.78 Å². The molecular formula is C29H34N6O. The summed E-state index contributed by atoms with van der Waals surface area (Å²) in [7, 11) is 1.97. The largest absolute Gasteiger partial charge is 0.368 e. The topological polar surface area (TPSA) is 59.2 Å². The molecule has 0 spiro atoms. The molecule has 1 aromatic carbocycles. The molecule has 0 bridgehead atoms. The second kappa shape index (κ2) is 9.45. The maximum absolute atomic E-state index is 11.6. The van der Waals surface area contributed by atoms with Crippen molar-refractivity contribution in [1.29, 1.82) is 0 Å². The zero-order valence-corrected chi connectivity index (χ0v) is 21.2. The van der Waals surface area contributed by atoms with Crippen LogP contribution in [0, 0.1) is 0 Å². The third kappa shape index (κ3) is 4.27. The first kappa shape index (κ1) is 22.8. The van der Waals surface area contributed by atoms with Crippen molar-refractivity contribution in [2.24, 2.45) is 7.05 Å². The molecule has 1 aliphatic carbocycles. The van der Waals surface area contributed by atoms with Crippen molar-refractivity contribution in [1.82, 2.24) is 19.3 Å². The van der Waals surface area contributed by atoms with E-state index in [9.17, 15) is 4.79 Å². The van der Waals surface area contributed by atoms with Gasteiger partial charge in [0.05, 0.1) is 6.20 Å². The number of anilines is 2. The average molecular weight is 483 g/mol. The van der Waals surface area contributed by atoms with E-state index in [-0.39, 0.29) is 5.78 Å². The molecule has 0 radical (unpaired) electrons. The highest BCUT2D eigenvalue weighted by molar-refractivity contribution is 5.95. The zero-order valence-electron chi connectivity index (χ0n) is 21.2. The van der Waals surface area contributed by atoms with E-state index < -0.39 is 0 Å². The summed E-state index contributed by atoms with van der Waals surface area (Å²) in [5.41, 5.74) is 5.41. The lowest BCUT2D eigenvalue weighted by Crippen LogP contribution is -2.46. The number of nitrogens with zero attached hydrogens (tertiary/aromatic N) is 6. The molecule has 3 aromatic heterocycles. The first-order chi connectivity index (χ1) is 17.6. The standard InChI is InChI=1S/C29H34N6O/c1-21(36)22-8-10-24(11-9-22)33-14-16-34(17-15-33)28-13-12-26-27(23-18-30-32(2)19-23)20-35(29(26)31-28)25-6-4-3-5-7-25/h8-13,18-20,25H,3-7,14-17H2,1-2H3. The molecule has 1 saturated heterocycles. The Morgan fingerprint density at radius 1 is 0.889 bits per heavy atom. The molecule has 1 aliphatic heterocycles. The van der Waals surface area contributed by atoms with Gasteiger partial charge in [0.1, 0.15) is 11.5 Å². The van der Waals surface area contributed by atoms with E-state index >= 15 is 0 Å². The molecule has 6 rings (SSSR count). The predicted octanol–water partition coefficient (Wildman–Crippen LogP) is 5.47. The molecule has 0 atom stereocenters. The summed E-state index contributed by atoms with van der Waals surface area (Å²) >= 11 is 0. The molecule has 4 aromatic rings. The van der Waals surface area contributed by atoms with Crippen LogP contribution in [0.4, 0.5) is 11.5 Å². The summed E-state index contributed by atoms with van der Waals surface area (Å²) in [6.07, 6.45) is 12.7. The minimum absolute atomic E-state index is 0.109. The van der Waals surface area contributed by atoms with Crippen LogP contribution in [0.25, 0.3) is 22.2 Å². The number of piperazine rings is 1. The summed E-state index contributed by atoms with van der Waals surface area (Å²) in [4.78, 5) is 21.7. The summed E-state index contributed by atoms with van der Waals surface area (Å²) in [5.74, 6) is 1.17. The fourth-order valence-corrected chi connectivity index (χ4v) is 5.82. The molecule has 1 saturated carbocycles. The Morgan fingerprint density at radius 2 is 1.61 bits per heavy atom. The quantitative estimate of drug-likeness (QED) is 0.353. The smallest absolute Gasteiger partial charge is 0.159 e. The first-order valence-corrected chi connectivity index (χ1v) is 13.2. The molecule has 0 N–H and O–H groups in total. The van der Waals surface area contributed by atoms with Crippen LogP contribution in [0.15, 0.2) is 55.0 Å². The van der Waals surface area contributed by atoms with Crippen molar-refractivity contribution in [3.8, 4) is 11.1 Å². The van der Waals surface area contributed by atoms with Crippen molar-refractivity contribution >= 4 is 28.3 Å². The summed E-state index contributed by atoms with van der Waals surface area (Å²) in [5, 5.41) is 5.63. The molecule has 2 fully saturated rings. The number of hydrogen-bond donors (Lipinski definition) is 0. The lowest BCUT2D eigenvalue weighted by Gasteiger charge is -2.37. The third-order valence-corrected chi connectivity index (χ3v) is 7.89. The van der Waals surface area contributed by atoms with Crippen molar-refractivity contribution in [2.45, 2.75) is 45.1 Å². The lowest BCUT2D eigenvalue weighted by molar-refractivity contribution is 0.101. The van der Waals surface area contributed by atoms with E-state index in [1.54, 1.807) is 6.92 Å². The van der Waals surface area contributed by atoms with Gasteiger partial charge < -0.3 is 14.4 Å². The summed E-state index contributed by atoms with van der Waals surface area (Å²) in [6, 6.07) is 12.9. The molecule has 36 heavy (non-hydrogen) atoms. The zero-order chi connectivity index (χ0) is 24.6. The summed E-state index contributed by atoms with van der Waals surface area (Å²) in [6.45, 7) is 5.33. The van der Waals surface area contributed by atoms with E-state index in [1.807, 2.05) is 30.1 Å². The van der Waals surface area contributed by atoms with Crippen LogP contribution < -0.4 is 9.80 Å². The normalized spacial score (nSPS) is 17.2. The predicted molar refractivity (Wildman–Crippen MR) is 145 cm³/mol. The Kier molecular flexibility index (Phi) is 5.99. The number of aryl methyl sites for hydroxylation is 1. The number of aromatic nitrogens is 4. The number of hydrogen-bond acceptors (Lipinski definition) is 5. The minimum atomic E-state index is 0.109. The van der Waals surface area contributed by atoms with Crippen molar-refractivity contribution in [2.75, 3.05) is 36.0 Å². The van der Waals surface area contributed by atoms with E-state index in [2.05, 4.69) is 56.1 Å². The molecular weight excluding hydrogens is 448 g/mol. The summed E-state index contributed by atoms with van der Waals surface area (Å²) < 4.78 is 4.32. The average Bonchev–Trinajstić information content (AvgIpc) is 3.52. The third-order valence-electron chi connectivity index (χ3n) is 7.89. The van der Waals surface area contributed by atoms with Crippen LogP contribution in [0.2, 0.25) is 0 Å². The van der Waals surface area contributed by atoms with E-state index in [1.165, 1.54) is 48.7 Å². The Bertz CT molecular complexity index is 1370. The van der Waals surface area contributed by atoms with E-state index in [0.717, 1.165) is 48.8 Å². The fourth-order valence-electron chi connectivity index (χ4n) is 5.82. The highest BCUT2D eigenvalue weighted by atomic mass is 16.1. The molecule has 0 unspecified atom stereocenters. The maximum atomic E-state index is 11.6. The van der Waals surface area contributed by atoms with Gasteiger partial charge in [-0.25, -0.2) is 4.98 Å². The van der Waals surface area contributed by atoms with Crippen LogP contribution in [0.1, 0.15) is 55.4 Å². The monoisotopic (exact) mass is 482 g/mol. The van der Waals surface area contributed by atoms with Gasteiger partial charge in [0, 0.05) is 79.4 Å². The second-order valence-electron chi connectivity index (χ2n) is 10.3. The van der Waals surface area contributed by atoms with Crippen LogP contribution in [0.5, 0.6) is 0 Å². The number of Topliss-reactive ketones (excluding diaryl/α,β-unsaturated/α-hetero) is 1. The SMILES string of the molecule is CC(=O)c1ccc(N2CCN(c3ccc4c(-c5cnn(C)c5)cn(C5CCCCC5)c4n3)CC2)cc1. The number of rotatable bonds is 5. The lowest BCUT2D eigenvalue weighted by atomic mass is 9.95. The number of fused-ring (bicyclic) bond motifs is 1. The van der Waals surface area contributed by atoms with Crippen LogP contribution in [0.3, 0.4) is 0 Å². The fraction of sp³-hybridized carbons (Fsp3) is 0.414. The van der Waals surface area contributed by atoms with Gasteiger partial charge in [-0.05, 0) is 56.2 Å². The Morgan fingerprint density at radius 3 is 2.28 bits per heavy atom. The number of ketones is 1. The van der Waals surface area contributed by atoms with Gasteiger partial charge in [0.2, 0.25) is 0 Å².